The Morgan fingerprint density at radius 3 is 2.28 bits per heavy atom. The van der Waals surface area contributed by atoms with Gasteiger partial charge in [0.25, 0.3) is 5.69 Å². The van der Waals surface area contributed by atoms with Crippen LogP contribution in [0.4, 0.5) is 43.4 Å². The Morgan fingerprint density at radius 1 is 1.06 bits per heavy atom. The van der Waals surface area contributed by atoms with Gasteiger partial charge in [0.2, 0.25) is 11.8 Å². The average Bonchev–Trinajstić information content (AvgIpc) is 2.71. The van der Waals surface area contributed by atoms with Gasteiger partial charge in [-0.2, -0.15) is 13.2 Å². The van der Waals surface area contributed by atoms with Crippen molar-refractivity contribution in [1.82, 2.24) is 4.90 Å². The monoisotopic (exact) mass is 464 g/mol. The number of amides is 2. The summed E-state index contributed by atoms with van der Waals surface area (Å²) in [7, 11) is 1.15. The molecule has 2 aromatic carbocycles. The molecule has 0 saturated carbocycles. The fourth-order valence-electron chi connectivity index (χ4n) is 2.43. The molecule has 32 heavy (non-hydrogen) atoms. The van der Waals surface area contributed by atoms with E-state index in [9.17, 15) is 46.0 Å². The number of benzene rings is 2. The molecule has 0 aliphatic carbocycles. The van der Waals surface area contributed by atoms with E-state index < -0.39 is 70.4 Å². The van der Waals surface area contributed by atoms with Gasteiger partial charge in [-0.1, -0.05) is 0 Å². The van der Waals surface area contributed by atoms with Crippen LogP contribution >= 0.6 is 0 Å². The van der Waals surface area contributed by atoms with Crippen LogP contribution < -0.4 is 10.6 Å². The molecule has 0 bridgehead atoms. The molecule has 0 atom stereocenters. The summed E-state index contributed by atoms with van der Waals surface area (Å²) in [5.74, 6) is -6.67. The molecule has 0 aromatic heterocycles. The number of nitro benzene ring substituents is 1. The second kappa shape index (κ2) is 9.53. The number of nitro groups is 1. The summed E-state index contributed by atoms with van der Waals surface area (Å²) < 4.78 is 77.9. The highest BCUT2D eigenvalue weighted by atomic mass is 19.4. The fourth-order valence-corrected chi connectivity index (χ4v) is 2.43. The number of carbonyl (C=O) groups excluding carboxylic acids is 2. The smallest absolute Gasteiger partial charge is 0.371 e. The number of rotatable bonds is 7. The molecule has 0 heterocycles. The van der Waals surface area contributed by atoms with Gasteiger partial charge in [0.05, 0.1) is 29.3 Å². The van der Waals surface area contributed by atoms with Crippen LogP contribution in [0.2, 0.25) is 0 Å². The standard InChI is InChI=1S/C18H14F6N4O4/c1-27(8-14(29)26-12-5-3-10(19)16(20)17(12)21)15(30)7-25-11-4-2-9(18(22,23)24)6-13(11)28(31)32/h2-6,25H,7-8H2,1H3,(H,26,29). The van der Waals surface area contributed by atoms with Crippen molar-refractivity contribution in [3.8, 4) is 0 Å². The van der Waals surface area contributed by atoms with E-state index in [-0.39, 0.29) is 5.69 Å². The summed E-state index contributed by atoms with van der Waals surface area (Å²) in [5.41, 5.74) is -3.19. The maximum Gasteiger partial charge on any atom is 0.416 e. The summed E-state index contributed by atoms with van der Waals surface area (Å²) in [6.45, 7) is -1.29. The van der Waals surface area contributed by atoms with Gasteiger partial charge in [0.15, 0.2) is 17.5 Å². The minimum Gasteiger partial charge on any atom is -0.371 e. The summed E-state index contributed by atoms with van der Waals surface area (Å²) in [6.07, 6.45) is -4.81. The van der Waals surface area contributed by atoms with E-state index in [4.69, 9.17) is 0 Å². The van der Waals surface area contributed by atoms with Crippen molar-refractivity contribution in [2.75, 3.05) is 30.8 Å². The Labute approximate surface area is 176 Å². The molecule has 0 aliphatic rings. The van der Waals surface area contributed by atoms with Crippen LogP contribution in [-0.2, 0) is 15.8 Å². The van der Waals surface area contributed by atoms with Gasteiger partial charge in [0.1, 0.15) is 5.69 Å². The van der Waals surface area contributed by atoms with Crippen LogP contribution in [0.5, 0.6) is 0 Å². The van der Waals surface area contributed by atoms with Crippen molar-refractivity contribution in [3.63, 3.8) is 0 Å². The second-order valence-corrected chi connectivity index (χ2v) is 6.36. The number of halogens is 6. The molecule has 172 valence electrons. The molecule has 14 heteroatoms. The molecule has 8 nitrogen and oxygen atoms in total. The molecule has 0 saturated heterocycles. The first kappa shape index (κ1) is 24.4. The Kier molecular flexibility index (Phi) is 7.28. The Morgan fingerprint density at radius 2 is 1.69 bits per heavy atom. The number of carbonyl (C=O) groups is 2. The minimum absolute atomic E-state index is 0.306. The largest absolute Gasteiger partial charge is 0.416 e. The van der Waals surface area contributed by atoms with Gasteiger partial charge in [-0.05, 0) is 24.3 Å². The zero-order valence-corrected chi connectivity index (χ0v) is 16.1. The highest BCUT2D eigenvalue weighted by Gasteiger charge is 2.33. The molecule has 2 rings (SSSR count). The number of nitrogens with one attached hydrogen (secondary N) is 2. The number of hydrogen-bond acceptors (Lipinski definition) is 5. The number of hydrogen-bond donors (Lipinski definition) is 2. The van der Waals surface area contributed by atoms with E-state index >= 15 is 0 Å². The van der Waals surface area contributed by atoms with Gasteiger partial charge in [0, 0.05) is 13.1 Å². The van der Waals surface area contributed by atoms with Gasteiger partial charge < -0.3 is 15.5 Å². The highest BCUT2D eigenvalue weighted by Crippen LogP contribution is 2.34. The quantitative estimate of drug-likeness (QED) is 0.282. The minimum atomic E-state index is -4.81. The summed E-state index contributed by atoms with van der Waals surface area (Å²) in [4.78, 5) is 34.8. The van der Waals surface area contributed by atoms with E-state index in [0.717, 1.165) is 24.1 Å². The zero-order chi connectivity index (χ0) is 24.2. The molecule has 0 fully saturated rings. The third-order valence-corrected chi connectivity index (χ3v) is 4.07. The third kappa shape index (κ3) is 5.86. The van der Waals surface area contributed by atoms with Crippen LogP contribution in [0.15, 0.2) is 30.3 Å². The molecule has 2 amide bonds. The van der Waals surface area contributed by atoms with Crippen LogP contribution in [-0.4, -0.2) is 41.8 Å². The maximum absolute atomic E-state index is 13.6. The lowest BCUT2D eigenvalue weighted by molar-refractivity contribution is -0.384. The van der Waals surface area contributed by atoms with E-state index in [2.05, 4.69) is 5.32 Å². The topological polar surface area (TPSA) is 105 Å². The Balaban J connectivity index is 2.00. The van der Waals surface area contributed by atoms with Crippen molar-refractivity contribution < 1.29 is 40.9 Å². The van der Waals surface area contributed by atoms with Gasteiger partial charge >= 0.3 is 6.18 Å². The predicted molar refractivity (Wildman–Crippen MR) is 99.2 cm³/mol. The van der Waals surface area contributed by atoms with Gasteiger partial charge in [-0.25, -0.2) is 13.2 Å². The second-order valence-electron chi connectivity index (χ2n) is 6.36. The molecule has 0 radical (unpaired) electrons. The normalized spacial score (nSPS) is 11.1. The molecule has 0 spiro atoms. The van der Waals surface area contributed by atoms with Crippen LogP contribution in [0.1, 0.15) is 5.56 Å². The van der Waals surface area contributed by atoms with E-state index in [1.807, 2.05) is 5.32 Å². The van der Waals surface area contributed by atoms with Gasteiger partial charge in [-0.15, -0.1) is 0 Å². The summed E-state index contributed by atoms with van der Waals surface area (Å²) in [5, 5.41) is 15.3. The number of likely N-dealkylation sites (N-methyl/N-ethyl adjacent to an activating group) is 1. The van der Waals surface area contributed by atoms with Crippen molar-refractivity contribution in [2.24, 2.45) is 0 Å². The fraction of sp³-hybridized carbons (Fsp3) is 0.222. The number of nitrogens with zero attached hydrogens (tertiary/aromatic N) is 2. The number of anilines is 2. The lowest BCUT2D eigenvalue weighted by Gasteiger charge is -2.18. The molecule has 0 aliphatic heterocycles. The zero-order valence-electron chi connectivity index (χ0n) is 16.1. The third-order valence-electron chi connectivity index (χ3n) is 4.07. The van der Waals surface area contributed by atoms with Crippen molar-refractivity contribution in [1.29, 1.82) is 0 Å². The first-order chi connectivity index (χ1) is 14.8. The highest BCUT2D eigenvalue weighted by molar-refractivity contribution is 5.95. The average molecular weight is 464 g/mol. The molecule has 0 unspecified atom stereocenters. The van der Waals surface area contributed by atoms with Crippen molar-refractivity contribution >= 4 is 28.9 Å². The van der Waals surface area contributed by atoms with Gasteiger partial charge in [-0.3, -0.25) is 19.7 Å². The Hall–Kier alpha value is -3.84. The van der Waals surface area contributed by atoms with E-state index in [1.54, 1.807) is 0 Å². The number of alkyl halides is 3. The van der Waals surface area contributed by atoms with Crippen LogP contribution in [0, 0.1) is 27.6 Å². The first-order valence-corrected chi connectivity index (χ1v) is 8.58. The lowest BCUT2D eigenvalue weighted by Crippen LogP contribution is -2.38. The summed E-state index contributed by atoms with van der Waals surface area (Å²) in [6, 6.07) is 3.04. The van der Waals surface area contributed by atoms with Crippen molar-refractivity contribution in [3.05, 3.63) is 63.5 Å². The van der Waals surface area contributed by atoms with Crippen molar-refractivity contribution in [2.45, 2.75) is 6.18 Å². The Bertz CT molecular complexity index is 1060. The molecular weight excluding hydrogens is 450 g/mol. The predicted octanol–water partition coefficient (Wildman–Crippen LogP) is 3.54. The van der Waals surface area contributed by atoms with E-state index in [1.165, 1.54) is 0 Å². The summed E-state index contributed by atoms with van der Waals surface area (Å²) >= 11 is 0. The SMILES string of the molecule is CN(CC(=O)Nc1ccc(F)c(F)c1F)C(=O)CNc1ccc(C(F)(F)F)cc1[N+](=O)[O-]. The van der Waals surface area contributed by atoms with Crippen LogP contribution in [0.25, 0.3) is 0 Å². The maximum atomic E-state index is 13.6. The molecular formula is C18H14F6N4O4. The van der Waals surface area contributed by atoms with E-state index in [0.29, 0.717) is 18.2 Å². The molecule has 2 N–H and O–H groups in total. The first-order valence-electron chi connectivity index (χ1n) is 8.58. The molecule has 2 aromatic rings. The van der Waals surface area contributed by atoms with Crippen LogP contribution in [0.3, 0.4) is 0 Å². The lowest BCUT2D eigenvalue weighted by atomic mass is 10.1.